The first-order valence-electron chi connectivity index (χ1n) is 7.38. The Morgan fingerprint density at radius 2 is 1.73 bits per heavy atom. The fraction of sp³-hybridized carbons (Fsp3) is 0.278. The van der Waals surface area contributed by atoms with Crippen molar-refractivity contribution in [3.63, 3.8) is 0 Å². The molecule has 0 fully saturated rings. The van der Waals surface area contributed by atoms with Crippen molar-refractivity contribution in [2.24, 2.45) is 0 Å². The summed E-state index contributed by atoms with van der Waals surface area (Å²) in [5.74, 6) is -0.289. The first-order chi connectivity index (χ1) is 10.5. The molecule has 0 aliphatic heterocycles. The minimum Gasteiger partial charge on any atom is -0.326 e. The van der Waals surface area contributed by atoms with E-state index in [4.69, 9.17) is 0 Å². The second-order valence-electron chi connectivity index (χ2n) is 5.72. The van der Waals surface area contributed by atoms with Gasteiger partial charge < -0.3 is 10.2 Å². The summed E-state index contributed by atoms with van der Waals surface area (Å²) in [7, 11) is 1.89. The van der Waals surface area contributed by atoms with Crippen LogP contribution in [0, 0.1) is 19.7 Å². The number of aryl methyl sites for hydroxylation is 2. The minimum absolute atomic E-state index is 0.0637. The molecular formula is C18H22FN2O+. The van der Waals surface area contributed by atoms with Crippen molar-refractivity contribution >= 4 is 11.6 Å². The zero-order valence-electron chi connectivity index (χ0n) is 13.2. The number of likely N-dealkylation sites (N-methyl/N-ethyl adjacent to an activating group) is 1. The molecule has 0 bridgehead atoms. The van der Waals surface area contributed by atoms with E-state index in [1.165, 1.54) is 6.07 Å². The highest BCUT2D eigenvalue weighted by molar-refractivity contribution is 5.93. The van der Waals surface area contributed by atoms with Crippen molar-refractivity contribution in [3.8, 4) is 0 Å². The first kappa shape index (κ1) is 16.2. The fourth-order valence-electron chi connectivity index (χ4n) is 2.50. The van der Waals surface area contributed by atoms with Crippen LogP contribution in [0.4, 0.5) is 10.1 Å². The zero-order valence-corrected chi connectivity index (χ0v) is 13.2. The lowest BCUT2D eigenvalue weighted by Gasteiger charge is -2.16. The normalized spacial score (nSPS) is 12.0. The lowest BCUT2D eigenvalue weighted by Crippen LogP contribution is -3.08. The Hall–Kier alpha value is -2.20. The molecule has 2 rings (SSSR count). The third kappa shape index (κ3) is 4.15. The maximum absolute atomic E-state index is 13.6. The molecule has 0 aliphatic carbocycles. The van der Waals surface area contributed by atoms with Crippen molar-refractivity contribution in [2.75, 3.05) is 18.9 Å². The summed E-state index contributed by atoms with van der Waals surface area (Å²) in [5.41, 5.74) is 3.58. The Morgan fingerprint density at radius 3 is 2.36 bits per heavy atom. The Kier molecular flexibility index (Phi) is 5.28. The van der Waals surface area contributed by atoms with Crippen LogP contribution in [0.3, 0.4) is 0 Å². The molecule has 2 aromatic rings. The Morgan fingerprint density at radius 1 is 1.09 bits per heavy atom. The van der Waals surface area contributed by atoms with Crippen LogP contribution in [-0.4, -0.2) is 19.5 Å². The molecule has 4 heteroatoms. The molecular weight excluding hydrogens is 279 g/mol. The van der Waals surface area contributed by atoms with Gasteiger partial charge in [0.2, 0.25) is 0 Å². The number of anilines is 1. The smallest absolute Gasteiger partial charge is 0.279 e. The second-order valence-corrected chi connectivity index (χ2v) is 5.72. The Labute approximate surface area is 130 Å². The molecule has 22 heavy (non-hydrogen) atoms. The molecule has 0 saturated heterocycles. The molecule has 0 radical (unpaired) electrons. The summed E-state index contributed by atoms with van der Waals surface area (Å²) in [6, 6.07) is 12.6. The number of quaternary nitrogens is 1. The van der Waals surface area contributed by atoms with Crippen molar-refractivity contribution < 1.29 is 14.1 Å². The molecule has 116 valence electrons. The topological polar surface area (TPSA) is 33.5 Å². The number of para-hydroxylation sites is 1. The van der Waals surface area contributed by atoms with E-state index in [0.717, 1.165) is 21.7 Å². The van der Waals surface area contributed by atoms with Gasteiger partial charge in [-0.1, -0.05) is 36.4 Å². The summed E-state index contributed by atoms with van der Waals surface area (Å²) in [6.07, 6.45) is 0. The quantitative estimate of drug-likeness (QED) is 0.871. The Bertz CT molecular complexity index is 650. The van der Waals surface area contributed by atoms with Gasteiger partial charge in [0.05, 0.1) is 7.05 Å². The number of hydrogen-bond donors (Lipinski definition) is 2. The van der Waals surface area contributed by atoms with Gasteiger partial charge in [-0.2, -0.15) is 0 Å². The highest BCUT2D eigenvalue weighted by Crippen LogP contribution is 2.18. The summed E-state index contributed by atoms with van der Waals surface area (Å²) >= 11 is 0. The number of carbonyl (C=O) groups is 1. The van der Waals surface area contributed by atoms with Crippen LogP contribution in [0.25, 0.3) is 0 Å². The summed E-state index contributed by atoms with van der Waals surface area (Å²) in [4.78, 5) is 13.1. The van der Waals surface area contributed by atoms with Gasteiger partial charge in [-0.3, -0.25) is 4.79 Å². The van der Waals surface area contributed by atoms with Crippen LogP contribution in [0.15, 0.2) is 42.5 Å². The molecule has 3 nitrogen and oxygen atoms in total. The van der Waals surface area contributed by atoms with Crippen LogP contribution >= 0.6 is 0 Å². The molecule has 2 aromatic carbocycles. The third-order valence-electron chi connectivity index (χ3n) is 3.66. The maximum atomic E-state index is 13.6. The highest BCUT2D eigenvalue weighted by atomic mass is 19.1. The Balaban J connectivity index is 1.96. The number of hydrogen-bond acceptors (Lipinski definition) is 1. The number of rotatable bonds is 5. The average Bonchev–Trinajstić information content (AvgIpc) is 2.45. The van der Waals surface area contributed by atoms with Crippen LogP contribution in [0.2, 0.25) is 0 Å². The molecule has 0 spiro atoms. The van der Waals surface area contributed by atoms with E-state index in [2.05, 4.69) is 5.32 Å². The summed E-state index contributed by atoms with van der Waals surface area (Å²) < 4.78 is 13.6. The van der Waals surface area contributed by atoms with Gasteiger partial charge in [0.1, 0.15) is 12.4 Å². The molecule has 0 heterocycles. The van der Waals surface area contributed by atoms with Crippen molar-refractivity contribution in [1.82, 2.24) is 0 Å². The fourth-order valence-corrected chi connectivity index (χ4v) is 2.50. The molecule has 0 aromatic heterocycles. The van der Waals surface area contributed by atoms with Gasteiger partial charge >= 0.3 is 0 Å². The minimum atomic E-state index is -0.225. The summed E-state index contributed by atoms with van der Waals surface area (Å²) in [6.45, 7) is 4.71. The number of nitrogens with one attached hydrogen (secondary N) is 2. The van der Waals surface area contributed by atoms with Gasteiger partial charge in [0, 0.05) is 11.3 Å². The summed E-state index contributed by atoms with van der Waals surface area (Å²) in [5, 5.41) is 2.96. The lowest BCUT2D eigenvalue weighted by molar-refractivity contribution is -0.885. The van der Waals surface area contributed by atoms with Crippen molar-refractivity contribution in [2.45, 2.75) is 20.4 Å². The molecule has 1 unspecified atom stereocenters. The maximum Gasteiger partial charge on any atom is 0.279 e. The van der Waals surface area contributed by atoms with Crippen molar-refractivity contribution in [3.05, 3.63) is 65.0 Å². The molecule has 1 amide bonds. The van der Waals surface area contributed by atoms with Gasteiger partial charge in [-0.15, -0.1) is 0 Å². The van der Waals surface area contributed by atoms with Gasteiger partial charge in [0.25, 0.3) is 5.91 Å². The molecule has 1 atom stereocenters. The standard InChI is InChI=1S/C18H21FN2O/c1-13-7-6-8-14(2)18(13)20-17(22)12-21(3)11-15-9-4-5-10-16(15)19/h4-10H,11-12H2,1-3H3,(H,20,22)/p+1. The van der Waals surface area contributed by atoms with E-state index in [0.29, 0.717) is 18.7 Å². The first-order valence-corrected chi connectivity index (χ1v) is 7.38. The van der Waals surface area contributed by atoms with Crippen LogP contribution in [-0.2, 0) is 11.3 Å². The monoisotopic (exact) mass is 301 g/mol. The van der Waals surface area contributed by atoms with E-state index in [1.807, 2.05) is 45.2 Å². The van der Waals surface area contributed by atoms with Crippen LogP contribution in [0.5, 0.6) is 0 Å². The van der Waals surface area contributed by atoms with Gasteiger partial charge in [-0.05, 0) is 31.0 Å². The largest absolute Gasteiger partial charge is 0.326 e. The third-order valence-corrected chi connectivity index (χ3v) is 3.66. The molecule has 0 saturated carbocycles. The van der Waals surface area contributed by atoms with Crippen LogP contribution in [0.1, 0.15) is 16.7 Å². The van der Waals surface area contributed by atoms with Crippen molar-refractivity contribution in [1.29, 1.82) is 0 Å². The van der Waals surface area contributed by atoms with Crippen LogP contribution < -0.4 is 10.2 Å². The van der Waals surface area contributed by atoms with E-state index >= 15 is 0 Å². The number of carbonyl (C=O) groups excluding carboxylic acids is 1. The SMILES string of the molecule is Cc1cccc(C)c1NC(=O)C[NH+](C)Cc1ccccc1F. The lowest BCUT2D eigenvalue weighted by atomic mass is 10.1. The van der Waals surface area contributed by atoms with Gasteiger partial charge in [-0.25, -0.2) is 4.39 Å². The highest BCUT2D eigenvalue weighted by Gasteiger charge is 2.14. The molecule has 2 N–H and O–H groups in total. The van der Waals surface area contributed by atoms with E-state index in [9.17, 15) is 9.18 Å². The number of benzene rings is 2. The predicted octanol–water partition coefficient (Wildman–Crippen LogP) is 2.10. The number of halogens is 1. The second kappa shape index (κ2) is 7.18. The van der Waals surface area contributed by atoms with E-state index < -0.39 is 0 Å². The van der Waals surface area contributed by atoms with Gasteiger partial charge in [0.15, 0.2) is 6.54 Å². The van der Waals surface area contributed by atoms with E-state index in [-0.39, 0.29) is 11.7 Å². The number of amides is 1. The average molecular weight is 301 g/mol. The zero-order chi connectivity index (χ0) is 16.1. The predicted molar refractivity (Wildman–Crippen MR) is 86.4 cm³/mol. The van der Waals surface area contributed by atoms with E-state index in [1.54, 1.807) is 12.1 Å². The molecule has 0 aliphatic rings.